The summed E-state index contributed by atoms with van der Waals surface area (Å²) in [4.78, 5) is 22.8. The van der Waals surface area contributed by atoms with Crippen LogP contribution < -0.4 is 10.0 Å². The molecule has 0 saturated carbocycles. The molecule has 0 bridgehead atoms. The van der Waals surface area contributed by atoms with Crippen molar-refractivity contribution in [2.45, 2.75) is 31.1 Å². The van der Waals surface area contributed by atoms with Crippen molar-refractivity contribution in [1.29, 1.82) is 0 Å². The van der Waals surface area contributed by atoms with Crippen LogP contribution in [0.3, 0.4) is 0 Å². The molecule has 2 aromatic heterocycles. The SMILES string of the molecule is CCOC(=O)c1c(Nc2nc3ccccc3nc2NS(=O)(=O)c2cc(Cl)ccc2Cl)sc2c1CCC2. The predicted octanol–water partition coefficient (Wildman–Crippen LogP) is 6.21. The number of esters is 1. The summed E-state index contributed by atoms with van der Waals surface area (Å²) in [7, 11) is -4.18. The van der Waals surface area contributed by atoms with E-state index in [0.717, 1.165) is 29.7 Å². The van der Waals surface area contributed by atoms with Crippen molar-refractivity contribution < 1.29 is 17.9 Å². The third kappa shape index (κ3) is 4.73. The van der Waals surface area contributed by atoms with Crippen LogP contribution in [0.4, 0.5) is 16.6 Å². The minimum Gasteiger partial charge on any atom is -0.462 e. The van der Waals surface area contributed by atoms with Gasteiger partial charge in [-0.25, -0.2) is 23.2 Å². The first-order chi connectivity index (χ1) is 17.3. The molecular formula is C24H20Cl2N4O4S2. The van der Waals surface area contributed by atoms with Crippen LogP contribution in [-0.4, -0.2) is 31.0 Å². The number of benzene rings is 2. The highest BCUT2D eigenvalue weighted by atomic mass is 35.5. The lowest BCUT2D eigenvalue weighted by atomic mass is 10.1. The molecule has 2 N–H and O–H groups in total. The summed E-state index contributed by atoms with van der Waals surface area (Å²) in [5.74, 6) is -0.338. The Balaban J connectivity index is 1.61. The fourth-order valence-electron chi connectivity index (χ4n) is 4.04. The van der Waals surface area contributed by atoms with Crippen molar-refractivity contribution in [3.8, 4) is 0 Å². The fraction of sp³-hybridized carbons (Fsp3) is 0.208. The molecule has 0 atom stereocenters. The second-order valence-electron chi connectivity index (χ2n) is 8.00. The van der Waals surface area contributed by atoms with Gasteiger partial charge in [-0.2, -0.15) is 0 Å². The van der Waals surface area contributed by atoms with Crippen molar-refractivity contribution in [2.75, 3.05) is 16.6 Å². The summed E-state index contributed by atoms with van der Waals surface area (Å²) < 4.78 is 34.3. The van der Waals surface area contributed by atoms with Gasteiger partial charge in [-0.1, -0.05) is 35.3 Å². The number of fused-ring (bicyclic) bond motifs is 2. The van der Waals surface area contributed by atoms with Gasteiger partial charge in [-0.3, -0.25) is 4.72 Å². The number of thiophene rings is 1. The second-order valence-corrected chi connectivity index (χ2v) is 11.6. The van der Waals surface area contributed by atoms with Gasteiger partial charge in [0.15, 0.2) is 11.6 Å². The minimum absolute atomic E-state index is 0.00874. The second kappa shape index (κ2) is 9.85. The monoisotopic (exact) mass is 562 g/mol. The molecule has 186 valence electrons. The number of hydrogen-bond donors (Lipinski definition) is 2. The molecule has 0 spiro atoms. The Kier molecular flexibility index (Phi) is 6.78. The summed E-state index contributed by atoms with van der Waals surface area (Å²) in [5, 5.41) is 3.92. The third-order valence-corrected chi connectivity index (χ3v) is 8.88. The highest BCUT2D eigenvalue weighted by Gasteiger charge is 2.29. The van der Waals surface area contributed by atoms with Crippen LogP contribution >= 0.6 is 34.5 Å². The van der Waals surface area contributed by atoms with Crippen LogP contribution in [0.1, 0.15) is 34.1 Å². The number of nitrogens with one attached hydrogen (secondary N) is 2. The first kappa shape index (κ1) is 24.8. The number of halogens is 2. The number of rotatable bonds is 7. The van der Waals surface area contributed by atoms with Crippen LogP contribution in [0.5, 0.6) is 0 Å². The Hall–Kier alpha value is -2.92. The zero-order valence-corrected chi connectivity index (χ0v) is 22.1. The summed E-state index contributed by atoms with van der Waals surface area (Å²) in [6.45, 7) is 1.99. The van der Waals surface area contributed by atoms with Crippen LogP contribution in [0.2, 0.25) is 10.0 Å². The minimum atomic E-state index is -4.18. The topological polar surface area (TPSA) is 110 Å². The predicted molar refractivity (Wildman–Crippen MR) is 142 cm³/mol. The highest BCUT2D eigenvalue weighted by Crippen LogP contribution is 2.41. The van der Waals surface area contributed by atoms with Crippen molar-refractivity contribution in [3.63, 3.8) is 0 Å². The number of para-hydroxylation sites is 2. The van der Waals surface area contributed by atoms with Crippen LogP contribution in [0.15, 0.2) is 47.4 Å². The molecule has 8 nitrogen and oxygen atoms in total. The number of hydrogen-bond acceptors (Lipinski definition) is 8. The van der Waals surface area contributed by atoms with Gasteiger partial charge >= 0.3 is 5.97 Å². The number of anilines is 3. The number of carbonyl (C=O) groups is 1. The molecule has 0 fully saturated rings. The molecule has 12 heteroatoms. The van der Waals surface area contributed by atoms with Crippen molar-refractivity contribution in [1.82, 2.24) is 9.97 Å². The van der Waals surface area contributed by atoms with Crippen molar-refractivity contribution in [2.24, 2.45) is 0 Å². The highest BCUT2D eigenvalue weighted by molar-refractivity contribution is 7.92. The number of aryl methyl sites for hydroxylation is 1. The molecule has 0 saturated heterocycles. The first-order valence-electron chi connectivity index (χ1n) is 11.1. The largest absolute Gasteiger partial charge is 0.462 e. The summed E-state index contributed by atoms with van der Waals surface area (Å²) >= 11 is 13.6. The van der Waals surface area contributed by atoms with Gasteiger partial charge in [0.25, 0.3) is 10.0 Å². The maximum atomic E-state index is 13.3. The van der Waals surface area contributed by atoms with E-state index < -0.39 is 16.0 Å². The van der Waals surface area contributed by atoms with Crippen molar-refractivity contribution in [3.05, 3.63) is 68.5 Å². The standard InChI is InChI=1S/C24H20Cl2N4O4S2/c1-2-34-24(31)20-14-6-5-9-18(14)35-23(20)29-21-22(28-17-8-4-3-7-16(17)27-21)30-36(32,33)19-12-13(25)10-11-15(19)26/h3-4,7-8,10-12H,2,5-6,9H2,1H3,(H,27,29)(H,28,30). The lowest BCUT2D eigenvalue weighted by molar-refractivity contribution is 0.0527. The van der Waals surface area contributed by atoms with Gasteiger partial charge in [-0.15, -0.1) is 11.3 Å². The fourth-order valence-corrected chi connectivity index (χ4v) is 7.09. The molecule has 2 aromatic carbocycles. The van der Waals surface area contributed by atoms with Gasteiger partial charge in [0.05, 0.1) is 28.2 Å². The quantitative estimate of drug-likeness (QED) is 0.257. The summed E-state index contributed by atoms with van der Waals surface area (Å²) in [5.41, 5.74) is 2.45. The Labute approximate surface area is 221 Å². The van der Waals surface area contributed by atoms with E-state index in [4.69, 9.17) is 27.9 Å². The third-order valence-electron chi connectivity index (χ3n) is 5.62. The molecule has 0 amide bonds. The maximum Gasteiger partial charge on any atom is 0.341 e. The Bertz CT molecular complexity index is 1610. The molecule has 1 aliphatic rings. The van der Waals surface area contributed by atoms with Gasteiger partial charge in [0, 0.05) is 9.90 Å². The first-order valence-corrected chi connectivity index (χ1v) is 14.2. The number of ether oxygens (including phenoxy) is 1. The maximum absolute atomic E-state index is 13.3. The van der Waals surface area contributed by atoms with E-state index >= 15 is 0 Å². The molecule has 0 aliphatic heterocycles. The van der Waals surface area contributed by atoms with E-state index in [-0.39, 0.29) is 33.2 Å². The molecule has 4 aromatic rings. The van der Waals surface area contributed by atoms with Crippen molar-refractivity contribution >= 4 is 78.2 Å². The van der Waals surface area contributed by atoms with Gasteiger partial charge in [-0.05, 0) is 62.1 Å². The lowest BCUT2D eigenvalue weighted by Crippen LogP contribution is -2.17. The van der Waals surface area contributed by atoms with E-state index in [1.807, 2.05) is 0 Å². The van der Waals surface area contributed by atoms with E-state index in [1.54, 1.807) is 31.2 Å². The van der Waals surface area contributed by atoms with Crippen LogP contribution in [-0.2, 0) is 27.6 Å². The summed E-state index contributed by atoms with van der Waals surface area (Å²) in [6, 6.07) is 11.2. The Morgan fingerprint density at radius 1 is 1.08 bits per heavy atom. The molecule has 5 rings (SSSR count). The molecule has 1 aliphatic carbocycles. The molecule has 2 heterocycles. The zero-order valence-electron chi connectivity index (χ0n) is 19.0. The smallest absolute Gasteiger partial charge is 0.341 e. The number of nitrogens with zero attached hydrogens (tertiary/aromatic N) is 2. The van der Waals surface area contributed by atoms with E-state index in [1.165, 1.54) is 29.5 Å². The average molecular weight is 563 g/mol. The van der Waals surface area contributed by atoms with E-state index in [9.17, 15) is 13.2 Å². The van der Waals surface area contributed by atoms with Gasteiger partial charge < -0.3 is 10.1 Å². The normalized spacial score (nSPS) is 13.0. The molecule has 0 radical (unpaired) electrons. The average Bonchev–Trinajstić information content (AvgIpc) is 3.41. The number of aromatic nitrogens is 2. The molecule has 0 unspecified atom stereocenters. The van der Waals surface area contributed by atoms with E-state index in [0.29, 0.717) is 21.6 Å². The van der Waals surface area contributed by atoms with E-state index in [2.05, 4.69) is 20.0 Å². The van der Waals surface area contributed by atoms with Gasteiger partial charge in [0.1, 0.15) is 9.90 Å². The molecular weight excluding hydrogens is 543 g/mol. The summed E-state index contributed by atoms with van der Waals surface area (Å²) in [6.07, 6.45) is 2.61. The van der Waals surface area contributed by atoms with Crippen LogP contribution in [0.25, 0.3) is 11.0 Å². The molecule has 36 heavy (non-hydrogen) atoms. The Morgan fingerprint density at radius 2 is 1.81 bits per heavy atom. The van der Waals surface area contributed by atoms with Crippen LogP contribution in [0, 0.1) is 0 Å². The number of sulfonamides is 1. The van der Waals surface area contributed by atoms with Gasteiger partial charge in [0.2, 0.25) is 0 Å². The number of carbonyl (C=O) groups excluding carboxylic acids is 1. The Morgan fingerprint density at radius 3 is 2.53 bits per heavy atom. The zero-order chi connectivity index (χ0) is 25.4. The lowest BCUT2D eigenvalue weighted by Gasteiger charge is -2.15.